The van der Waals surface area contributed by atoms with Crippen LogP contribution in [0.25, 0.3) is 0 Å². The first kappa shape index (κ1) is 15.1. The van der Waals surface area contributed by atoms with E-state index in [1.165, 1.54) is 5.56 Å². The van der Waals surface area contributed by atoms with Crippen LogP contribution in [0.4, 0.5) is 17.1 Å². The van der Waals surface area contributed by atoms with Gasteiger partial charge in [0.15, 0.2) is 0 Å². The third-order valence-electron chi connectivity index (χ3n) is 3.36. The summed E-state index contributed by atoms with van der Waals surface area (Å²) in [7, 11) is 0. The van der Waals surface area contributed by atoms with Crippen molar-refractivity contribution in [3.8, 4) is 0 Å². The van der Waals surface area contributed by atoms with Crippen molar-refractivity contribution in [1.82, 2.24) is 0 Å². The lowest BCUT2D eigenvalue weighted by molar-refractivity contribution is -0.115. The molecule has 2 aromatic rings. The molecule has 3 heteroatoms. The summed E-state index contributed by atoms with van der Waals surface area (Å²) in [4.78, 5) is 11.3. The maximum atomic E-state index is 11.3. The molecule has 0 saturated heterocycles. The molecule has 0 aromatic heterocycles. The number of anilines is 3. The third-order valence-corrected chi connectivity index (χ3v) is 3.36. The molecule has 0 heterocycles. The zero-order chi connectivity index (χ0) is 15.2. The average molecular weight is 282 g/mol. The number of nitrogens with one attached hydrogen (secondary N) is 2. The largest absolute Gasteiger partial charge is 0.356 e. The van der Waals surface area contributed by atoms with Crippen LogP contribution in [0.15, 0.2) is 48.5 Å². The second-order valence-electron chi connectivity index (χ2n) is 5.38. The summed E-state index contributed by atoms with van der Waals surface area (Å²) < 4.78 is 0. The van der Waals surface area contributed by atoms with Crippen molar-refractivity contribution in [1.29, 1.82) is 0 Å². The smallest absolute Gasteiger partial charge is 0.224 e. The topological polar surface area (TPSA) is 41.1 Å². The van der Waals surface area contributed by atoms with E-state index in [4.69, 9.17) is 0 Å². The van der Waals surface area contributed by atoms with Gasteiger partial charge in [0.25, 0.3) is 0 Å². The molecule has 2 rings (SSSR count). The van der Waals surface area contributed by atoms with Gasteiger partial charge in [0.2, 0.25) is 5.91 Å². The van der Waals surface area contributed by atoms with E-state index in [9.17, 15) is 4.79 Å². The lowest BCUT2D eigenvalue weighted by Gasteiger charge is -2.10. The Kier molecular flexibility index (Phi) is 4.99. The molecule has 0 atom stereocenters. The van der Waals surface area contributed by atoms with Crippen LogP contribution in [-0.2, 0) is 4.79 Å². The van der Waals surface area contributed by atoms with Crippen LogP contribution in [0.5, 0.6) is 0 Å². The van der Waals surface area contributed by atoms with E-state index in [1.807, 2.05) is 31.2 Å². The van der Waals surface area contributed by atoms with E-state index in [-0.39, 0.29) is 5.91 Å². The maximum Gasteiger partial charge on any atom is 0.224 e. The molecule has 0 bridgehead atoms. The number of carbonyl (C=O) groups is 1. The van der Waals surface area contributed by atoms with Gasteiger partial charge in [0.05, 0.1) is 0 Å². The molecule has 0 spiro atoms. The normalized spacial score (nSPS) is 10.5. The van der Waals surface area contributed by atoms with Crippen molar-refractivity contribution >= 4 is 23.0 Å². The summed E-state index contributed by atoms with van der Waals surface area (Å²) in [6, 6.07) is 16.2. The average Bonchev–Trinajstić information content (AvgIpc) is 2.49. The monoisotopic (exact) mass is 282 g/mol. The summed E-state index contributed by atoms with van der Waals surface area (Å²) in [5.41, 5.74) is 4.22. The summed E-state index contributed by atoms with van der Waals surface area (Å²) in [5, 5.41) is 6.19. The van der Waals surface area contributed by atoms with Gasteiger partial charge in [-0.05, 0) is 47.9 Å². The molecule has 0 aliphatic rings. The van der Waals surface area contributed by atoms with Crippen LogP contribution >= 0.6 is 0 Å². The summed E-state index contributed by atoms with van der Waals surface area (Å²) in [5.74, 6) is 0.570. The van der Waals surface area contributed by atoms with Gasteiger partial charge >= 0.3 is 0 Å². The highest BCUT2D eigenvalue weighted by molar-refractivity contribution is 5.90. The zero-order valence-corrected chi connectivity index (χ0v) is 12.8. The van der Waals surface area contributed by atoms with Crippen LogP contribution in [0.2, 0.25) is 0 Å². The minimum atomic E-state index is 0.0278. The lowest BCUT2D eigenvalue weighted by Crippen LogP contribution is -2.09. The standard InChI is InChI=1S/C18H22N2O/c1-4-18(21)20-17-11-9-16(10-12-17)19-15-7-5-14(6-8-15)13(2)3/h5-13,19H,4H2,1-3H3,(H,20,21). The van der Waals surface area contributed by atoms with Gasteiger partial charge in [-0.2, -0.15) is 0 Å². The highest BCUT2D eigenvalue weighted by Gasteiger charge is 2.01. The Morgan fingerprint density at radius 1 is 0.905 bits per heavy atom. The van der Waals surface area contributed by atoms with Crippen molar-refractivity contribution in [3.05, 3.63) is 54.1 Å². The Labute approximate surface area is 126 Å². The Balaban J connectivity index is 2.01. The molecule has 110 valence electrons. The van der Waals surface area contributed by atoms with E-state index in [2.05, 4.69) is 48.7 Å². The van der Waals surface area contributed by atoms with Crippen LogP contribution < -0.4 is 10.6 Å². The van der Waals surface area contributed by atoms with Gasteiger partial charge in [-0.1, -0.05) is 32.9 Å². The van der Waals surface area contributed by atoms with E-state index >= 15 is 0 Å². The van der Waals surface area contributed by atoms with Gasteiger partial charge in [-0.25, -0.2) is 0 Å². The molecular formula is C18H22N2O. The molecule has 3 nitrogen and oxygen atoms in total. The van der Waals surface area contributed by atoms with E-state index in [1.54, 1.807) is 0 Å². The Hall–Kier alpha value is -2.29. The predicted octanol–water partition coefficient (Wildman–Crippen LogP) is 4.90. The highest BCUT2D eigenvalue weighted by atomic mass is 16.1. The lowest BCUT2D eigenvalue weighted by atomic mass is 10.0. The molecule has 0 aliphatic carbocycles. The molecule has 0 unspecified atom stereocenters. The Bertz CT molecular complexity index is 586. The number of amides is 1. The molecule has 2 N–H and O–H groups in total. The first-order chi connectivity index (χ1) is 10.1. The van der Waals surface area contributed by atoms with Crippen molar-refractivity contribution in [2.75, 3.05) is 10.6 Å². The van der Waals surface area contributed by atoms with Crippen LogP contribution in [-0.4, -0.2) is 5.91 Å². The fraction of sp³-hybridized carbons (Fsp3) is 0.278. The molecule has 2 aromatic carbocycles. The summed E-state index contributed by atoms with van der Waals surface area (Å²) >= 11 is 0. The fourth-order valence-corrected chi connectivity index (χ4v) is 2.00. The van der Waals surface area contributed by atoms with Crippen molar-refractivity contribution in [3.63, 3.8) is 0 Å². The van der Waals surface area contributed by atoms with Gasteiger partial charge in [-0.3, -0.25) is 4.79 Å². The van der Waals surface area contributed by atoms with Gasteiger partial charge in [0.1, 0.15) is 0 Å². The van der Waals surface area contributed by atoms with Crippen LogP contribution in [0.1, 0.15) is 38.7 Å². The minimum Gasteiger partial charge on any atom is -0.356 e. The molecule has 0 fully saturated rings. The number of hydrogen-bond acceptors (Lipinski definition) is 2. The fourth-order valence-electron chi connectivity index (χ4n) is 2.00. The SMILES string of the molecule is CCC(=O)Nc1ccc(Nc2ccc(C(C)C)cc2)cc1. The number of rotatable bonds is 5. The summed E-state index contributed by atoms with van der Waals surface area (Å²) in [6.45, 7) is 6.21. The highest BCUT2D eigenvalue weighted by Crippen LogP contribution is 2.21. The molecule has 0 saturated carbocycles. The Morgan fingerprint density at radius 2 is 1.38 bits per heavy atom. The minimum absolute atomic E-state index is 0.0278. The van der Waals surface area contributed by atoms with Crippen molar-refractivity contribution in [2.45, 2.75) is 33.1 Å². The molecule has 21 heavy (non-hydrogen) atoms. The molecular weight excluding hydrogens is 260 g/mol. The zero-order valence-electron chi connectivity index (χ0n) is 12.8. The molecule has 0 radical (unpaired) electrons. The van der Waals surface area contributed by atoms with Gasteiger partial charge < -0.3 is 10.6 Å². The number of hydrogen-bond donors (Lipinski definition) is 2. The second kappa shape index (κ2) is 6.93. The quantitative estimate of drug-likeness (QED) is 0.818. The van der Waals surface area contributed by atoms with Crippen molar-refractivity contribution in [2.24, 2.45) is 0 Å². The van der Waals surface area contributed by atoms with E-state index in [0.717, 1.165) is 17.1 Å². The maximum absolute atomic E-state index is 11.3. The van der Waals surface area contributed by atoms with Crippen LogP contribution in [0.3, 0.4) is 0 Å². The second-order valence-corrected chi connectivity index (χ2v) is 5.38. The Morgan fingerprint density at radius 3 is 1.86 bits per heavy atom. The summed E-state index contributed by atoms with van der Waals surface area (Å²) in [6.07, 6.45) is 0.488. The van der Waals surface area contributed by atoms with Gasteiger partial charge in [-0.15, -0.1) is 0 Å². The molecule has 0 aliphatic heterocycles. The number of benzene rings is 2. The number of carbonyl (C=O) groups excluding carboxylic acids is 1. The first-order valence-corrected chi connectivity index (χ1v) is 7.35. The third kappa shape index (κ3) is 4.35. The predicted molar refractivity (Wildman–Crippen MR) is 89.2 cm³/mol. The van der Waals surface area contributed by atoms with Crippen molar-refractivity contribution < 1.29 is 4.79 Å². The van der Waals surface area contributed by atoms with Gasteiger partial charge in [0, 0.05) is 23.5 Å². The van der Waals surface area contributed by atoms with E-state index < -0.39 is 0 Å². The first-order valence-electron chi connectivity index (χ1n) is 7.35. The molecule has 1 amide bonds. The van der Waals surface area contributed by atoms with E-state index in [0.29, 0.717) is 12.3 Å². The van der Waals surface area contributed by atoms with Crippen LogP contribution in [0, 0.1) is 0 Å².